The van der Waals surface area contributed by atoms with E-state index in [0.29, 0.717) is 24.4 Å². The van der Waals surface area contributed by atoms with Crippen LogP contribution in [0.15, 0.2) is 24.3 Å². The topological polar surface area (TPSA) is 58.8 Å². The highest BCUT2D eigenvalue weighted by atomic mass is 16.5. The maximum atomic E-state index is 9.34. The van der Waals surface area contributed by atoms with Crippen molar-refractivity contribution >= 4 is 0 Å². The highest BCUT2D eigenvalue weighted by Crippen LogP contribution is 2.35. The van der Waals surface area contributed by atoms with Crippen LogP contribution in [0.1, 0.15) is 43.0 Å². The Bertz CT molecular complexity index is 598. The van der Waals surface area contributed by atoms with Crippen LogP contribution in [0.25, 0.3) is 0 Å². The van der Waals surface area contributed by atoms with Crippen LogP contribution in [0.5, 0.6) is 0 Å². The quantitative estimate of drug-likeness (QED) is 0.843. The summed E-state index contributed by atoms with van der Waals surface area (Å²) in [5.41, 5.74) is 1.59. The molecule has 20 heavy (non-hydrogen) atoms. The molecule has 1 aliphatic rings. The normalized spacial score (nSPS) is 20.9. The minimum absolute atomic E-state index is 0.466. The summed E-state index contributed by atoms with van der Waals surface area (Å²) in [6.45, 7) is 4.00. The molecule has 0 fully saturated rings. The third kappa shape index (κ3) is 2.37. The summed E-state index contributed by atoms with van der Waals surface area (Å²) in [6, 6.07) is 2.19. The van der Waals surface area contributed by atoms with Crippen molar-refractivity contribution in [3.8, 4) is 6.07 Å². The van der Waals surface area contributed by atoms with Gasteiger partial charge in [0.1, 0.15) is 23.2 Å². The van der Waals surface area contributed by atoms with E-state index in [1.165, 1.54) is 0 Å². The van der Waals surface area contributed by atoms with Crippen LogP contribution in [-0.4, -0.2) is 17.1 Å². The van der Waals surface area contributed by atoms with E-state index in [4.69, 9.17) is 4.74 Å². The van der Waals surface area contributed by atoms with E-state index in [1.54, 1.807) is 7.11 Å². The van der Waals surface area contributed by atoms with E-state index >= 15 is 0 Å². The fourth-order valence-electron chi connectivity index (χ4n) is 2.49. The van der Waals surface area contributed by atoms with Crippen molar-refractivity contribution in [1.29, 1.82) is 5.26 Å². The second-order valence-electron chi connectivity index (χ2n) is 4.72. The van der Waals surface area contributed by atoms with Gasteiger partial charge in [0, 0.05) is 25.5 Å². The summed E-state index contributed by atoms with van der Waals surface area (Å²) in [5, 5.41) is 9.34. The first kappa shape index (κ1) is 14.4. The van der Waals surface area contributed by atoms with Gasteiger partial charge in [0.15, 0.2) is 0 Å². The number of allylic oxidation sites excluding steroid dienone is 2. The van der Waals surface area contributed by atoms with Gasteiger partial charge in [-0.05, 0) is 12.5 Å². The molecule has 4 nitrogen and oxygen atoms in total. The fourth-order valence-corrected chi connectivity index (χ4v) is 2.49. The molecule has 0 radical (unpaired) electrons. The van der Waals surface area contributed by atoms with E-state index in [1.807, 2.05) is 32.1 Å². The monoisotopic (exact) mass is 269 g/mol. The molecule has 0 aromatic carbocycles. The summed E-state index contributed by atoms with van der Waals surface area (Å²) in [4.78, 5) is 9.00. The molecule has 4 heteroatoms. The zero-order chi connectivity index (χ0) is 14.6. The van der Waals surface area contributed by atoms with Gasteiger partial charge in [0.2, 0.25) is 0 Å². The predicted octanol–water partition coefficient (Wildman–Crippen LogP) is 2.83. The number of aryl methyl sites for hydroxylation is 1. The van der Waals surface area contributed by atoms with Gasteiger partial charge in [0.05, 0.1) is 5.69 Å². The molecule has 0 bridgehead atoms. The zero-order valence-corrected chi connectivity index (χ0v) is 12.2. The fraction of sp³-hybridized carbons (Fsp3) is 0.438. The van der Waals surface area contributed by atoms with Crippen LogP contribution in [0.2, 0.25) is 0 Å². The minimum atomic E-state index is -0.585. The van der Waals surface area contributed by atoms with Crippen molar-refractivity contribution in [1.82, 2.24) is 9.97 Å². The van der Waals surface area contributed by atoms with Gasteiger partial charge >= 0.3 is 0 Å². The summed E-state index contributed by atoms with van der Waals surface area (Å²) >= 11 is 0. The van der Waals surface area contributed by atoms with Gasteiger partial charge in [-0.25, -0.2) is 9.97 Å². The molecule has 104 valence electrons. The van der Waals surface area contributed by atoms with Crippen molar-refractivity contribution in [2.24, 2.45) is 0 Å². The Labute approximate surface area is 119 Å². The van der Waals surface area contributed by atoms with Gasteiger partial charge in [-0.15, -0.1) is 0 Å². The SMILES string of the molecule is CCc1nc(C#N)c(CC)c(C2(OC)C=CC=CC2)n1. The lowest BCUT2D eigenvalue weighted by molar-refractivity contribution is 0.0259. The van der Waals surface area contributed by atoms with Crippen molar-refractivity contribution in [2.45, 2.75) is 38.7 Å². The molecule has 0 saturated carbocycles. The average molecular weight is 269 g/mol. The van der Waals surface area contributed by atoms with Gasteiger partial charge in [-0.1, -0.05) is 32.1 Å². The van der Waals surface area contributed by atoms with Gasteiger partial charge in [-0.2, -0.15) is 5.26 Å². The first-order valence-electron chi connectivity index (χ1n) is 6.90. The second kappa shape index (κ2) is 5.98. The van der Waals surface area contributed by atoms with Crippen molar-refractivity contribution in [2.75, 3.05) is 7.11 Å². The van der Waals surface area contributed by atoms with Crippen molar-refractivity contribution in [3.05, 3.63) is 47.1 Å². The van der Waals surface area contributed by atoms with E-state index in [2.05, 4.69) is 22.1 Å². The first-order chi connectivity index (χ1) is 9.70. The number of nitrogens with zero attached hydrogens (tertiary/aromatic N) is 3. The Morgan fingerprint density at radius 1 is 1.30 bits per heavy atom. The van der Waals surface area contributed by atoms with E-state index in [0.717, 1.165) is 17.7 Å². The van der Waals surface area contributed by atoms with Gasteiger partial charge < -0.3 is 4.74 Å². The van der Waals surface area contributed by atoms with Crippen LogP contribution < -0.4 is 0 Å². The van der Waals surface area contributed by atoms with Crippen LogP contribution in [0.4, 0.5) is 0 Å². The van der Waals surface area contributed by atoms with Crippen LogP contribution >= 0.6 is 0 Å². The standard InChI is InChI=1S/C16H19N3O/c1-4-12-13(11-17)18-14(5-2)19-15(12)16(20-3)9-7-6-8-10-16/h6-9H,4-5,10H2,1-3H3. The number of hydrogen-bond acceptors (Lipinski definition) is 4. The Hall–Kier alpha value is -1.99. The second-order valence-corrected chi connectivity index (χ2v) is 4.72. The van der Waals surface area contributed by atoms with Crippen LogP contribution in [-0.2, 0) is 23.2 Å². The molecular weight excluding hydrogens is 250 g/mol. The molecule has 1 aromatic rings. The summed E-state index contributed by atoms with van der Waals surface area (Å²) in [5.74, 6) is 0.688. The molecule has 0 N–H and O–H groups in total. The molecule has 1 atom stereocenters. The first-order valence-corrected chi connectivity index (χ1v) is 6.90. The summed E-state index contributed by atoms with van der Waals surface area (Å²) in [6.07, 6.45) is 10.2. The largest absolute Gasteiger partial charge is 0.367 e. The molecular formula is C16H19N3O. The Morgan fingerprint density at radius 2 is 2.10 bits per heavy atom. The van der Waals surface area contributed by atoms with Crippen molar-refractivity contribution in [3.63, 3.8) is 0 Å². The lowest BCUT2D eigenvalue weighted by atomic mass is 9.87. The predicted molar refractivity (Wildman–Crippen MR) is 77.1 cm³/mol. The maximum Gasteiger partial charge on any atom is 0.147 e. The highest BCUT2D eigenvalue weighted by Gasteiger charge is 2.34. The highest BCUT2D eigenvalue weighted by molar-refractivity contribution is 5.41. The molecule has 1 aliphatic carbocycles. The minimum Gasteiger partial charge on any atom is -0.367 e. The Morgan fingerprint density at radius 3 is 2.60 bits per heavy atom. The van der Waals surface area contributed by atoms with Crippen molar-refractivity contribution < 1.29 is 4.74 Å². The smallest absolute Gasteiger partial charge is 0.147 e. The molecule has 0 saturated heterocycles. The summed E-state index contributed by atoms with van der Waals surface area (Å²) < 4.78 is 5.77. The average Bonchev–Trinajstić information content (AvgIpc) is 2.53. The number of aromatic nitrogens is 2. The van der Waals surface area contributed by atoms with E-state index in [9.17, 15) is 5.26 Å². The summed E-state index contributed by atoms with van der Waals surface area (Å²) in [7, 11) is 1.68. The molecule has 0 amide bonds. The lowest BCUT2D eigenvalue weighted by Crippen LogP contribution is -2.30. The number of ether oxygens (including phenoxy) is 1. The van der Waals surface area contributed by atoms with E-state index < -0.39 is 5.60 Å². The number of rotatable bonds is 4. The molecule has 2 rings (SSSR count). The van der Waals surface area contributed by atoms with Crippen LogP contribution in [0, 0.1) is 11.3 Å². The van der Waals surface area contributed by atoms with Crippen LogP contribution in [0.3, 0.4) is 0 Å². The molecule has 1 heterocycles. The van der Waals surface area contributed by atoms with Gasteiger partial charge in [-0.3, -0.25) is 0 Å². The Balaban J connectivity index is 2.68. The van der Waals surface area contributed by atoms with E-state index in [-0.39, 0.29) is 0 Å². The number of methoxy groups -OCH3 is 1. The molecule has 1 aromatic heterocycles. The molecule has 0 spiro atoms. The maximum absolute atomic E-state index is 9.34. The Kier molecular flexibility index (Phi) is 4.31. The molecule has 0 aliphatic heterocycles. The third-order valence-electron chi connectivity index (χ3n) is 3.63. The number of hydrogen-bond donors (Lipinski definition) is 0. The van der Waals surface area contributed by atoms with Gasteiger partial charge in [0.25, 0.3) is 0 Å². The number of nitriles is 1. The lowest BCUT2D eigenvalue weighted by Gasteiger charge is -2.31. The third-order valence-corrected chi connectivity index (χ3v) is 3.63. The zero-order valence-electron chi connectivity index (χ0n) is 12.2. The molecule has 1 unspecified atom stereocenters.